The first-order valence-corrected chi connectivity index (χ1v) is 7.60. The van der Waals surface area contributed by atoms with E-state index in [9.17, 15) is 4.39 Å². The molecule has 0 amide bonds. The second-order valence-corrected chi connectivity index (χ2v) is 6.98. The third-order valence-electron chi connectivity index (χ3n) is 4.60. The lowest BCUT2D eigenvalue weighted by molar-refractivity contribution is 0.00578. The van der Waals surface area contributed by atoms with Crippen molar-refractivity contribution in [3.63, 3.8) is 0 Å². The summed E-state index contributed by atoms with van der Waals surface area (Å²) in [5.41, 5.74) is 8.08. The topological polar surface area (TPSA) is 44.5 Å². The summed E-state index contributed by atoms with van der Waals surface area (Å²) in [4.78, 5) is 0. The molecule has 1 aliphatic rings. The Kier molecular flexibility index (Phi) is 4.53. The molecule has 0 saturated carbocycles. The van der Waals surface area contributed by atoms with Crippen LogP contribution in [-0.2, 0) is 9.31 Å². The van der Waals surface area contributed by atoms with E-state index in [1.54, 1.807) is 13.8 Å². The monoisotopic (exact) mass is 305 g/mol. The Balaban J connectivity index is 2.34. The van der Waals surface area contributed by atoms with Crippen molar-refractivity contribution in [3.8, 4) is 0 Å². The summed E-state index contributed by atoms with van der Waals surface area (Å²) in [6, 6.07) is 3.62. The molecule has 0 atom stereocenters. The SMILES string of the molecule is Cc1cc(C=C(CN)B2OC(C)(C)C(C)(C)O2)cc(C)c1F. The minimum Gasteiger partial charge on any atom is -0.400 e. The zero-order chi connectivity index (χ0) is 16.7. The maximum absolute atomic E-state index is 13.7. The number of benzene rings is 1. The van der Waals surface area contributed by atoms with Crippen LogP contribution >= 0.6 is 0 Å². The summed E-state index contributed by atoms with van der Waals surface area (Å²) < 4.78 is 25.8. The number of nitrogens with two attached hydrogens (primary N) is 1. The van der Waals surface area contributed by atoms with Crippen LogP contribution in [0.3, 0.4) is 0 Å². The van der Waals surface area contributed by atoms with Gasteiger partial charge in [0.1, 0.15) is 5.82 Å². The van der Waals surface area contributed by atoms with E-state index in [1.807, 2.05) is 45.9 Å². The minimum atomic E-state index is -0.472. The van der Waals surface area contributed by atoms with Crippen LogP contribution in [0.5, 0.6) is 0 Å². The fourth-order valence-electron chi connectivity index (χ4n) is 2.49. The molecule has 1 heterocycles. The molecule has 2 rings (SSSR count). The van der Waals surface area contributed by atoms with Gasteiger partial charge in [0.25, 0.3) is 0 Å². The molecule has 0 unspecified atom stereocenters. The molecule has 22 heavy (non-hydrogen) atoms. The van der Waals surface area contributed by atoms with Gasteiger partial charge >= 0.3 is 7.12 Å². The fourth-order valence-corrected chi connectivity index (χ4v) is 2.49. The predicted molar refractivity (Wildman–Crippen MR) is 89.0 cm³/mol. The molecule has 0 aromatic heterocycles. The quantitative estimate of drug-likeness (QED) is 0.870. The lowest BCUT2D eigenvalue weighted by Gasteiger charge is -2.32. The van der Waals surface area contributed by atoms with Crippen LogP contribution in [-0.4, -0.2) is 24.9 Å². The predicted octanol–water partition coefficient (Wildman–Crippen LogP) is 3.42. The second kappa shape index (κ2) is 5.80. The average Bonchev–Trinajstić information content (AvgIpc) is 2.61. The summed E-state index contributed by atoms with van der Waals surface area (Å²) in [5.74, 6) is -0.165. The third kappa shape index (κ3) is 3.12. The minimum absolute atomic E-state index is 0.165. The van der Waals surface area contributed by atoms with Gasteiger partial charge < -0.3 is 15.0 Å². The van der Waals surface area contributed by atoms with Gasteiger partial charge in [0.2, 0.25) is 0 Å². The standard InChI is InChI=1S/C17H25BFNO2/c1-11-7-13(8-12(2)15(11)19)9-14(10-20)18-21-16(3,4)17(5,6)22-18/h7-9H,10,20H2,1-6H3. The largest absolute Gasteiger partial charge is 0.491 e. The van der Waals surface area contributed by atoms with Crippen molar-refractivity contribution >= 4 is 13.2 Å². The van der Waals surface area contributed by atoms with Crippen LogP contribution in [0, 0.1) is 19.7 Å². The van der Waals surface area contributed by atoms with Gasteiger partial charge in [0, 0.05) is 6.54 Å². The number of hydrogen-bond acceptors (Lipinski definition) is 3. The van der Waals surface area contributed by atoms with E-state index in [4.69, 9.17) is 15.0 Å². The highest BCUT2D eigenvalue weighted by atomic mass is 19.1. The van der Waals surface area contributed by atoms with Crippen molar-refractivity contribution in [2.24, 2.45) is 5.73 Å². The Bertz CT molecular complexity index is 572. The maximum Gasteiger partial charge on any atom is 0.491 e. The molecule has 0 bridgehead atoms. The van der Waals surface area contributed by atoms with Gasteiger partial charge in [0.05, 0.1) is 11.2 Å². The van der Waals surface area contributed by atoms with E-state index >= 15 is 0 Å². The van der Waals surface area contributed by atoms with Crippen molar-refractivity contribution in [3.05, 3.63) is 40.1 Å². The van der Waals surface area contributed by atoms with E-state index in [-0.39, 0.29) is 5.82 Å². The molecule has 1 aromatic carbocycles. The number of hydrogen-bond donors (Lipinski definition) is 1. The van der Waals surface area contributed by atoms with E-state index in [1.165, 1.54) is 0 Å². The van der Waals surface area contributed by atoms with Crippen molar-refractivity contribution in [2.75, 3.05) is 6.54 Å². The van der Waals surface area contributed by atoms with Crippen LogP contribution in [0.15, 0.2) is 17.6 Å². The van der Waals surface area contributed by atoms with E-state index in [2.05, 4.69) is 0 Å². The molecular weight excluding hydrogens is 280 g/mol. The maximum atomic E-state index is 13.7. The molecule has 2 N–H and O–H groups in total. The lowest BCUT2D eigenvalue weighted by atomic mass is 9.77. The Morgan fingerprint density at radius 1 is 1.14 bits per heavy atom. The number of rotatable bonds is 3. The molecule has 0 spiro atoms. The van der Waals surface area contributed by atoms with E-state index < -0.39 is 18.3 Å². The zero-order valence-corrected chi connectivity index (χ0v) is 14.3. The molecule has 1 saturated heterocycles. The second-order valence-electron chi connectivity index (χ2n) is 6.98. The van der Waals surface area contributed by atoms with Gasteiger partial charge in [-0.05, 0) is 75.8 Å². The normalized spacial score (nSPS) is 20.5. The van der Waals surface area contributed by atoms with Crippen LogP contribution in [0.4, 0.5) is 4.39 Å². The smallest absolute Gasteiger partial charge is 0.400 e. The molecule has 1 aromatic rings. The van der Waals surface area contributed by atoms with Crippen LogP contribution < -0.4 is 5.73 Å². The highest BCUT2D eigenvalue weighted by Crippen LogP contribution is 2.38. The van der Waals surface area contributed by atoms with Crippen molar-refractivity contribution in [2.45, 2.75) is 52.7 Å². The lowest BCUT2D eigenvalue weighted by Crippen LogP contribution is -2.41. The van der Waals surface area contributed by atoms with Gasteiger partial charge in [0.15, 0.2) is 0 Å². The molecular formula is C17H25BFNO2. The summed E-state index contributed by atoms with van der Waals surface area (Å²) in [7, 11) is -0.472. The highest BCUT2D eigenvalue weighted by molar-refractivity contribution is 6.55. The third-order valence-corrected chi connectivity index (χ3v) is 4.60. The van der Waals surface area contributed by atoms with E-state index in [0.29, 0.717) is 17.7 Å². The molecule has 3 nitrogen and oxygen atoms in total. The van der Waals surface area contributed by atoms with Gasteiger partial charge in [-0.3, -0.25) is 0 Å². The van der Waals surface area contributed by atoms with Gasteiger partial charge in [-0.25, -0.2) is 4.39 Å². The average molecular weight is 305 g/mol. The first kappa shape index (κ1) is 17.2. The molecule has 1 fully saturated rings. The molecule has 0 aliphatic carbocycles. The number of halogens is 1. The zero-order valence-electron chi connectivity index (χ0n) is 14.3. The fraction of sp³-hybridized carbons (Fsp3) is 0.529. The summed E-state index contributed by atoms with van der Waals surface area (Å²) >= 11 is 0. The molecule has 1 aliphatic heterocycles. The van der Waals surface area contributed by atoms with Crippen LogP contribution in [0.2, 0.25) is 0 Å². The Morgan fingerprint density at radius 2 is 1.59 bits per heavy atom. The van der Waals surface area contributed by atoms with Gasteiger partial charge in [-0.2, -0.15) is 0 Å². The Labute approximate surface area is 132 Å². The Morgan fingerprint density at radius 3 is 2.00 bits per heavy atom. The van der Waals surface area contributed by atoms with Crippen LogP contribution in [0.1, 0.15) is 44.4 Å². The van der Waals surface area contributed by atoms with Crippen molar-refractivity contribution < 1.29 is 13.7 Å². The highest BCUT2D eigenvalue weighted by Gasteiger charge is 2.52. The Hall–Kier alpha value is -1.17. The first-order chi connectivity index (χ1) is 10.1. The summed E-state index contributed by atoms with van der Waals surface area (Å²) in [6.07, 6.45) is 1.93. The molecule has 0 radical (unpaired) electrons. The van der Waals surface area contributed by atoms with Crippen LogP contribution in [0.25, 0.3) is 6.08 Å². The summed E-state index contributed by atoms with van der Waals surface area (Å²) in [6.45, 7) is 11.9. The molecule has 120 valence electrons. The summed E-state index contributed by atoms with van der Waals surface area (Å²) in [5, 5.41) is 0. The van der Waals surface area contributed by atoms with E-state index in [0.717, 1.165) is 11.0 Å². The molecule has 5 heteroatoms. The van der Waals surface area contributed by atoms with Crippen molar-refractivity contribution in [1.29, 1.82) is 0 Å². The van der Waals surface area contributed by atoms with Gasteiger partial charge in [-0.1, -0.05) is 6.08 Å². The number of aryl methyl sites for hydroxylation is 2. The van der Waals surface area contributed by atoms with Crippen molar-refractivity contribution in [1.82, 2.24) is 0 Å². The first-order valence-electron chi connectivity index (χ1n) is 7.60. The van der Waals surface area contributed by atoms with Gasteiger partial charge in [-0.15, -0.1) is 0 Å².